The van der Waals surface area contributed by atoms with Gasteiger partial charge in [-0.05, 0) is 51.1 Å². The van der Waals surface area contributed by atoms with Crippen molar-refractivity contribution in [3.63, 3.8) is 0 Å². The second kappa shape index (κ2) is 6.27. The minimum atomic E-state index is -0.431. The van der Waals surface area contributed by atoms with Gasteiger partial charge in [-0.1, -0.05) is 6.07 Å². The summed E-state index contributed by atoms with van der Waals surface area (Å²) in [4.78, 5) is 16.5. The third kappa shape index (κ3) is 3.73. The van der Waals surface area contributed by atoms with Crippen LogP contribution in [0.15, 0.2) is 18.2 Å². The zero-order chi connectivity index (χ0) is 14.7. The summed E-state index contributed by atoms with van der Waals surface area (Å²) < 4.78 is 5.81. The normalized spacial score (nSPS) is 17.9. The first kappa shape index (κ1) is 14.9. The fourth-order valence-electron chi connectivity index (χ4n) is 2.54. The van der Waals surface area contributed by atoms with Gasteiger partial charge in [-0.3, -0.25) is 4.79 Å². The predicted molar refractivity (Wildman–Crippen MR) is 80.1 cm³/mol. The number of aryl methyl sites for hydroxylation is 2. The number of likely N-dealkylation sites (N-methyl/N-ethyl adjacent to an activating group) is 1. The van der Waals surface area contributed by atoms with E-state index in [0.29, 0.717) is 0 Å². The lowest BCUT2D eigenvalue weighted by Gasteiger charge is -2.33. The van der Waals surface area contributed by atoms with Crippen molar-refractivity contribution < 1.29 is 9.53 Å². The van der Waals surface area contributed by atoms with E-state index in [1.165, 1.54) is 0 Å². The highest BCUT2D eigenvalue weighted by Crippen LogP contribution is 2.18. The van der Waals surface area contributed by atoms with E-state index < -0.39 is 6.10 Å². The average molecular weight is 276 g/mol. The van der Waals surface area contributed by atoms with Gasteiger partial charge in [0.1, 0.15) is 5.75 Å². The van der Waals surface area contributed by atoms with Crippen LogP contribution in [0.4, 0.5) is 0 Å². The third-order valence-corrected chi connectivity index (χ3v) is 3.67. The summed E-state index contributed by atoms with van der Waals surface area (Å²) in [6, 6.07) is 6.04. The molecule has 1 aliphatic rings. The zero-order valence-electron chi connectivity index (χ0n) is 12.8. The van der Waals surface area contributed by atoms with Gasteiger partial charge < -0.3 is 14.5 Å². The maximum Gasteiger partial charge on any atom is 0.263 e. The van der Waals surface area contributed by atoms with Crippen LogP contribution >= 0.6 is 0 Å². The molecule has 2 rings (SSSR count). The molecule has 1 aromatic carbocycles. The van der Waals surface area contributed by atoms with Gasteiger partial charge in [0.2, 0.25) is 0 Å². The van der Waals surface area contributed by atoms with Gasteiger partial charge in [0.05, 0.1) is 0 Å². The number of amides is 1. The van der Waals surface area contributed by atoms with Crippen molar-refractivity contribution in [3.8, 4) is 5.75 Å². The Hall–Kier alpha value is -1.55. The first-order chi connectivity index (χ1) is 9.45. The molecule has 0 bridgehead atoms. The monoisotopic (exact) mass is 276 g/mol. The molecule has 0 radical (unpaired) electrons. The molecule has 4 heteroatoms. The second-order valence-electron chi connectivity index (χ2n) is 5.71. The van der Waals surface area contributed by atoms with E-state index in [0.717, 1.165) is 43.1 Å². The molecule has 0 aliphatic carbocycles. The van der Waals surface area contributed by atoms with E-state index in [2.05, 4.69) is 18.0 Å². The van der Waals surface area contributed by atoms with Crippen LogP contribution in [0.3, 0.4) is 0 Å². The SMILES string of the molecule is Cc1cc(C)cc(O[C@@H](C)C(=O)N2CCN(C)CC2)c1. The third-order valence-electron chi connectivity index (χ3n) is 3.67. The van der Waals surface area contributed by atoms with Gasteiger partial charge in [0.25, 0.3) is 5.91 Å². The van der Waals surface area contributed by atoms with E-state index in [4.69, 9.17) is 4.74 Å². The van der Waals surface area contributed by atoms with Crippen LogP contribution in [0.25, 0.3) is 0 Å². The number of hydrogen-bond donors (Lipinski definition) is 0. The molecule has 1 atom stereocenters. The smallest absolute Gasteiger partial charge is 0.263 e. The molecule has 1 heterocycles. The summed E-state index contributed by atoms with van der Waals surface area (Å²) in [6.07, 6.45) is -0.431. The van der Waals surface area contributed by atoms with Crippen molar-refractivity contribution in [3.05, 3.63) is 29.3 Å². The molecule has 0 N–H and O–H groups in total. The molecule has 0 saturated carbocycles. The number of hydrogen-bond acceptors (Lipinski definition) is 3. The molecule has 4 nitrogen and oxygen atoms in total. The van der Waals surface area contributed by atoms with Crippen molar-refractivity contribution in [2.24, 2.45) is 0 Å². The number of ether oxygens (including phenoxy) is 1. The summed E-state index contributed by atoms with van der Waals surface area (Å²) >= 11 is 0. The number of carbonyl (C=O) groups is 1. The first-order valence-corrected chi connectivity index (χ1v) is 7.18. The summed E-state index contributed by atoms with van der Waals surface area (Å²) in [5.41, 5.74) is 2.30. The van der Waals surface area contributed by atoms with Crippen LogP contribution in [0, 0.1) is 13.8 Å². The number of carbonyl (C=O) groups excluding carboxylic acids is 1. The van der Waals surface area contributed by atoms with E-state index in [1.54, 1.807) is 0 Å². The second-order valence-corrected chi connectivity index (χ2v) is 5.71. The van der Waals surface area contributed by atoms with Crippen molar-refractivity contribution in [2.45, 2.75) is 26.9 Å². The average Bonchev–Trinajstić information content (AvgIpc) is 2.37. The maximum atomic E-state index is 12.4. The van der Waals surface area contributed by atoms with Gasteiger partial charge in [0.15, 0.2) is 6.10 Å². The summed E-state index contributed by atoms with van der Waals surface area (Å²) in [6.45, 7) is 9.34. The molecule has 1 aliphatic heterocycles. The van der Waals surface area contributed by atoms with Crippen molar-refractivity contribution in [2.75, 3.05) is 33.2 Å². The van der Waals surface area contributed by atoms with Crippen LogP contribution in [0.2, 0.25) is 0 Å². The van der Waals surface area contributed by atoms with Gasteiger partial charge in [0, 0.05) is 26.2 Å². The molecule has 110 valence electrons. The lowest BCUT2D eigenvalue weighted by Crippen LogP contribution is -2.50. The summed E-state index contributed by atoms with van der Waals surface area (Å²) in [5, 5.41) is 0. The first-order valence-electron chi connectivity index (χ1n) is 7.18. The highest BCUT2D eigenvalue weighted by Gasteiger charge is 2.24. The largest absolute Gasteiger partial charge is 0.481 e. The quantitative estimate of drug-likeness (QED) is 0.844. The van der Waals surface area contributed by atoms with Crippen LogP contribution < -0.4 is 4.74 Å². The molecule has 1 fully saturated rings. The lowest BCUT2D eigenvalue weighted by atomic mass is 10.1. The Balaban J connectivity index is 1.97. The standard InChI is InChI=1S/C16H24N2O2/c1-12-9-13(2)11-15(10-12)20-14(3)16(19)18-7-5-17(4)6-8-18/h9-11,14H,5-8H2,1-4H3/t14-/m0/s1. The predicted octanol–water partition coefficient (Wildman–Crippen LogP) is 1.84. The van der Waals surface area contributed by atoms with E-state index in [9.17, 15) is 4.79 Å². The Bertz CT molecular complexity index is 459. The lowest BCUT2D eigenvalue weighted by molar-refractivity contribution is -0.139. The Morgan fingerprint density at radius 2 is 1.65 bits per heavy atom. The van der Waals surface area contributed by atoms with Crippen LogP contribution in [-0.4, -0.2) is 55.0 Å². The molecule has 0 unspecified atom stereocenters. The molecular formula is C16H24N2O2. The minimum Gasteiger partial charge on any atom is -0.481 e. The van der Waals surface area contributed by atoms with Gasteiger partial charge in [-0.25, -0.2) is 0 Å². The highest BCUT2D eigenvalue weighted by molar-refractivity contribution is 5.81. The fourth-order valence-corrected chi connectivity index (χ4v) is 2.54. The Morgan fingerprint density at radius 3 is 2.20 bits per heavy atom. The van der Waals surface area contributed by atoms with Gasteiger partial charge in [-0.2, -0.15) is 0 Å². The Kier molecular flexibility index (Phi) is 4.65. The maximum absolute atomic E-state index is 12.4. The van der Waals surface area contributed by atoms with Crippen molar-refractivity contribution in [1.29, 1.82) is 0 Å². The molecule has 1 amide bonds. The molecule has 20 heavy (non-hydrogen) atoms. The molecular weight excluding hydrogens is 252 g/mol. The zero-order valence-corrected chi connectivity index (χ0v) is 12.8. The van der Waals surface area contributed by atoms with Gasteiger partial charge in [-0.15, -0.1) is 0 Å². The number of rotatable bonds is 3. The molecule has 0 spiro atoms. The van der Waals surface area contributed by atoms with Crippen molar-refractivity contribution in [1.82, 2.24) is 9.80 Å². The fraction of sp³-hybridized carbons (Fsp3) is 0.562. The van der Waals surface area contributed by atoms with E-state index in [-0.39, 0.29) is 5.91 Å². The minimum absolute atomic E-state index is 0.0808. The molecule has 1 saturated heterocycles. The van der Waals surface area contributed by atoms with Crippen LogP contribution in [0.5, 0.6) is 5.75 Å². The molecule has 0 aromatic heterocycles. The number of nitrogens with zero attached hydrogens (tertiary/aromatic N) is 2. The summed E-state index contributed by atoms with van der Waals surface area (Å²) in [5.74, 6) is 0.856. The number of benzene rings is 1. The van der Waals surface area contributed by atoms with Crippen molar-refractivity contribution >= 4 is 5.91 Å². The van der Waals surface area contributed by atoms with E-state index >= 15 is 0 Å². The van der Waals surface area contributed by atoms with Crippen LogP contribution in [0.1, 0.15) is 18.1 Å². The molecule has 1 aromatic rings. The summed E-state index contributed by atoms with van der Waals surface area (Å²) in [7, 11) is 2.08. The highest BCUT2D eigenvalue weighted by atomic mass is 16.5. The number of piperazine rings is 1. The van der Waals surface area contributed by atoms with Gasteiger partial charge >= 0.3 is 0 Å². The Labute approximate surface area is 121 Å². The topological polar surface area (TPSA) is 32.8 Å². The van der Waals surface area contributed by atoms with E-state index in [1.807, 2.05) is 37.8 Å². The van der Waals surface area contributed by atoms with Crippen LogP contribution in [-0.2, 0) is 4.79 Å². The Morgan fingerprint density at radius 1 is 1.10 bits per heavy atom.